The lowest BCUT2D eigenvalue weighted by Crippen LogP contribution is -2.30. The van der Waals surface area contributed by atoms with Crippen LogP contribution >= 0.6 is 0 Å². The largest absolute Gasteiger partial charge is 0.490 e. The zero-order valence-electron chi connectivity index (χ0n) is 17.3. The van der Waals surface area contributed by atoms with Gasteiger partial charge in [-0.25, -0.2) is 9.97 Å². The third kappa shape index (κ3) is 3.65. The highest BCUT2D eigenvalue weighted by Gasteiger charge is 2.32. The molecule has 0 saturated heterocycles. The number of ether oxygens (including phenoxy) is 1. The van der Waals surface area contributed by atoms with Crippen LogP contribution in [0, 0.1) is 5.41 Å². The van der Waals surface area contributed by atoms with Crippen molar-refractivity contribution in [3.05, 3.63) is 65.0 Å². The molecule has 2 aliphatic carbocycles. The molecule has 0 atom stereocenters. The van der Waals surface area contributed by atoms with Crippen LogP contribution < -0.4 is 15.4 Å². The zero-order valence-corrected chi connectivity index (χ0v) is 17.3. The average Bonchev–Trinajstić information content (AvgIpc) is 3.73. The number of anilines is 2. The average molecular weight is 418 g/mol. The normalized spacial score (nSPS) is 18.0. The minimum Gasteiger partial charge on any atom is -0.490 e. The highest BCUT2D eigenvalue weighted by atomic mass is 16.5. The zero-order chi connectivity index (χ0) is 20.9. The Morgan fingerprint density at radius 2 is 2.06 bits per heavy atom. The van der Waals surface area contributed by atoms with E-state index in [9.17, 15) is 0 Å². The maximum absolute atomic E-state index is 8.78. The molecular formula is C24H27N5O2. The van der Waals surface area contributed by atoms with Crippen molar-refractivity contribution in [1.29, 1.82) is 5.41 Å². The van der Waals surface area contributed by atoms with Gasteiger partial charge in [0.05, 0.1) is 18.4 Å². The standard InChI is InChI=1S/C24H25N5O2.H2/c25-19-6-5-17(30-16-3-4-16)12-18(19)23(26)15-7-9-27-22(11-15)29-10-8-21-20(13-29)28-24(31-21)14-1-2-14;/h5-7,9,11-12,14,16,26H,1-4,8,10,13,25H2;1H. The Hall–Kier alpha value is -3.35. The number of benzene rings is 1. The third-order valence-corrected chi connectivity index (χ3v) is 6.15. The smallest absolute Gasteiger partial charge is 0.197 e. The van der Waals surface area contributed by atoms with Crippen molar-refractivity contribution in [1.82, 2.24) is 9.97 Å². The summed E-state index contributed by atoms with van der Waals surface area (Å²) < 4.78 is 11.9. The molecule has 160 valence electrons. The first kappa shape index (κ1) is 18.4. The molecule has 0 spiro atoms. The lowest BCUT2D eigenvalue weighted by atomic mass is 10.0. The second-order valence-corrected chi connectivity index (χ2v) is 8.71. The number of hydrogen-bond acceptors (Lipinski definition) is 7. The van der Waals surface area contributed by atoms with Gasteiger partial charge < -0.3 is 19.8 Å². The Kier molecular flexibility index (Phi) is 4.23. The monoisotopic (exact) mass is 417 g/mol. The number of nitrogens with one attached hydrogen (secondary N) is 1. The van der Waals surface area contributed by atoms with E-state index in [2.05, 4.69) is 9.88 Å². The van der Waals surface area contributed by atoms with Gasteiger partial charge in [0.2, 0.25) is 0 Å². The molecule has 2 fully saturated rings. The molecule has 3 aliphatic rings. The maximum atomic E-state index is 8.78. The van der Waals surface area contributed by atoms with Crippen molar-refractivity contribution in [3.8, 4) is 5.75 Å². The van der Waals surface area contributed by atoms with Crippen LogP contribution in [0.3, 0.4) is 0 Å². The number of oxazole rings is 1. The topological polar surface area (TPSA) is 101 Å². The molecule has 7 heteroatoms. The summed E-state index contributed by atoms with van der Waals surface area (Å²) in [7, 11) is 0. The van der Waals surface area contributed by atoms with E-state index < -0.39 is 0 Å². The molecule has 7 nitrogen and oxygen atoms in total. The van der Waals surface area contributed by atoms with E-state index in [-0.39, 0.29) is 1.43 Å². The summed E-state index contributed by atoms with van der Waals surface area (Å²) in [5.74, 6) is 4.05. The second-order valence-electron chi connectivity index (χ2n) is 8.71. The number of aromatic nitrogens is 2. The summed E-state index contributed by atoms with van der Waals surface area (Å²) in [4.78, 5) is 11.5. The van der Waals surface area contributed by atoms with Crippen molar-refractivity contribution >= 4 is 17.2 Å². The Morgan fingerprint density at radius 1 is 1.19 bits per heavy atom. The van der Waals surface area contributed by atoms with Gasteiger partial charge in [-0.1, -0.05) is 0 Å². The number of rotatable bonds is 6. The minimum absolute atomic E-state index is 0. The molecule has 6 rings (SSSR count). The van der Waals surface area contributed by atoms with Crippen molar-refractivity contribution in [3.63, 3.8) is 0 Å². The van der Waals surface area contributed by atoms with Crippen LogP contribution in [0.15, 0.2) is 40.9 Å². The van der Waals surface area contributed by atoms with Gasteiger partial charge in [-0.2, -0.15) is 0 Å². The van der Waals surface area contributed by atoms with Crippen molar-refractivity contribution in [2.24, 2.45) is 0 Å². The van der Waals surface area contributed by atoms with E-state index in [0.29, 0.717) is 35.5 Å². The van der Waals surface area contributed by atoms with Gasteiger partial charge in [-0.05, 0) is 56.0 Å². The van der Waals surface area contributed by atoms with Crippen LogP contribution in [-0.2, 0) is 13.0 Å². The third-order valence-electron chi connectivity index (χ3n) is 6.15. The Labute approximate surface area is 182 Å². The predicted octanol–water partition coefficient (Wildman–Crippen LogP) is 4.30. The highest BCUT2D eigenvalue weighted by molar-refractivity contribution is 6.14. The molecular weight excluding hydrogens is 390 g/mol. The number of hydrogen-bond donors (Lipinski definition) is 2. The van der Waals surface area contributed by atoms with Crippen molar-refractivity contribution < 1.29 is 10.6 Å². The summed E-state index contributed by atoms with van der Waals surface area (Å²) in [6, 6.07) is 9.39. The van der Waals surface area contributed by atoms with Crippen molar-refractivity contribution in [2.45, 2.75) is 50.7 Å². The summed E-state index contributed by atoms with van der Waals surface area (Å²) in [5.41, 5.74) is 9.63. The van der Waals surface area contributed by atoms with E-state index in [0.717, 1.165) is 60.3 Å². The molecule has 0 unspecified atom stereocenters. The molecule has 2 aromatic heterocycles. The quantitative estimate of drug-likeness (QED) is 0.458. The van der Waals surface area contributed by atoms with E-state index in [1.165, 1.54) is 12.8 Å². The molecule has 2 saturated carbocycles. The SMILES string of the molecule is N=C(c1ccnc(N2CCc3oc(C4CC4)nc3C2)c1)c1cc(OC2CC2)ccc1N.[HH]. The van der Waals surface area contributed by atoms with E-state index in [1.807, 2.05) is 30.3 Å². The summed E-state index contributed by atoms with van der Waals surface area (Å²) >= 11 is 0. The molecule has 1 aromatic carbocycles. The van der Waals surface area contributed by atoms with Crippen LogP contribution in [0.4, 0.5) is 11.5 Å². The van der Waals surface area contributed by atoms with Gasteiger partial charge in [0.15, 0.2) is 5.89 Å². The second kappa shape index (κ2) is 7.11. The number of nitrogens with zero attached hydrogens (tertiary/aromatic N) is 3. The maximum Gasteiger partial charge on any atom is 0.197 e. The first-order valence-corrected chi connectivity index (χ1v) is 11.0. The van der Waals surface area contributed by atoms with E-state index in [1.54, 1.807) is 6.20 Å². The van der Waals surface area contributed by atoms with Gasteiger partial charge in [-0.3, -0.25) is 5.41 Å². The fraction of sp³-hybridized carbons (Fsp3) is 0.375. The van der Waals surface area contributed by atoms with Gasteiger partial charge in [0.25, 0.3) is 0 Å². The molecule has 1 aliphatic heterocycles. The van der Waals surface area contributed by atoms with Crippen LogP contribution in [0.5, 0.6) is 5.75 Å². The van der Waals surface area contributed by atoms with Gasteiger partial charge in [-0.15, -0.1) is 0 Å². The molecule has 3 heterocycles. The first-order valence-electron chi connectivity index (χ1n) is 11.0. The molecule has 31 heavy (non-hydrogen) atoms. The molecule has 0 radical (unpaired) electrons. The molecule has 0 bridgehead atoms. The summed E-state index contributed by atoms with van der Waals surface area (Å²) in [5, 5.41) is 8.78. The lowest BCUT2D eigenvalue weighted by Gasteiger charge is -2.26. The predicted molar refractivity (Wildman–Crippen MR) is 120 cm³/mol. The van der Waals surface area contributed by atoms with Crippen LogP contribution in [0.2, 0.25) is 0 Å². The number of fused-ring (bicyclic) bond motifs is 1. The Bertz CT molecular complexity index is 1170. The first-order chi connectivity index (χ1) is 15.1. The molecule has 0 amide bonds. The molecule has 3 N–H and O–H groups in total. The fourth-order valence-electron chi connectivity index (χ4n) is 4.02. The Morgan fingerprint density at radius 3 is 2.87 bits per heavy atom. The number of nitrogen functional groups attached to an aromatic ring is 1. The fourth-order valence-corrected chi connectivity index (χ4v) is 4.02. The van der Waals surface area contributed by atoms with Gasteiger partial charge in [0.1, 0.15) is 23.0 Å². The van der Waals surface area contributed by atoms with E-state index in [4.69, 9.17) is 25.3 Å². The number of nitrogens with two attached hydrogens (primary N) is 1. The number of pyridine rings is 1. The Balaban J connectivity index is 0.00000216. The minimum atomic E-state index is 0. The lowest BCUT2D eigenvalue weighted by molar-refractivity contribution is 0.303. The van der Waals surface area contributed by atoms with Crippen molar-refractivity contribution in [2.75, 3.05) is 17.2 Å². The summed E-state index contributed by atoms with van der Waals surface area (Å²) in [6.07, 6.45) is 7.45. The highest BCUT2D eigenvalue weighted by Crippen LogP contribution is 2.41. The van der Waals surface area contributed by atoms with Gasteiger partial charge >= 0.3 is 0 Å². The van der Waals surface area contributed by atoms with Crippen LogP contribution in [-0.4, -0.2) is 28.3 Å². The summed E-state index contributed by atoms with van der Waals surface area (Å²) in [6.45, 7) is 1.51. The molecule has 3 aromatic rings. The van der Waals surface area contributed by atoms with E-state index >= 15 is 0 Å². The van der Waals surface area contributed by atoms with Crippen LogP contribution in [0.1, 0.15) is 61.5 Å². The van der Waals surface area contributed by atoms with Crippen LogP contribution in [0.25, 0.3) is 0 Å². The van der Waals surface area contributed by atoms with Gasteiger partial charge in [0, 0.05) is 43.3 Å².